The zero-order valence-corrected chi connectivity index (χ0v) is 11.7. The van der Waals surface area contributed by atoms with E-state index in [1.54, 1.807) is 6.07 Å². The molecule has 0 radical (unpaired) electrons. The van der Waals surface area contributed by atoms with Crippen LogP contribution in [0.1, 0.15) is 29.1 Å². The topological polar surface area (TPSA) is 59.4 Å². The molecule has 0 spiro atoms. The SMILES string of the molecule is Cc1ccc(C(O)C(CN)c2ccc(Br)cc2)o1. The Morgan fingerprint density at radius 1 is 1.22 bits per heavy atom. The van der Waals surface area contributed by atoms with Gasteiger partial charge in [-0.2, -0.15) is 0 Å². The third-order valence-electron chi connectivity index (χ3n) is 2.99. The first kappa shape index (κ1) is 13.3. The van der Waals surface area contributed by atoms with E-state index in [2.05, 4.69) is 15.9 Å². The second-order valence-corrected chi connectivity index (χ2v) is 5.20. The maximum Gasteiger partial charge on any atom is 0.133 e. The van der Waals surface area contributed by atoms with Crippen LogP contribution < -0.4 is 5.73 Å². The predicted molar refractivity (Wildman–Crippen MR) is 74.3 cm³/mol. The minimum Gasteiger partial charge on any atom is -0.464 e. The van der Waals surface area contributed by atoms with Crippen molar-refractivity contribution in [3.63, 3.8) is 0 Å². The van der Waals surface area contributed by atoms with Crippen LogP contribution in [0.15, 0.2) is 45.3 Å². The smallest absolute Gasteiger partial charge is 0.133 e. The van der Waals surface area contributed by atoms with Crippen molar-refractivity contribution >= 4 is 15.9 Å². The number of furan rings is 1. The minimum atomic E-state index is -0.718. The van der Waals surface area contributed by atoms with E-state index in [0.29, 0.717) is 12.3 Å². The summed E-state index contributed by atoms with van der Waals surface area (Å²) < 4.78 is 6.46. The molecular formula is C14H16BrNO2. The van der Waals surface area contributed by atoms with Crippen LogP contribution in [0.5, 0.6) is 0 Å². The third kappa shape index (κ3) is 2.83. The van der Waals surface area contributed by atoms with E-state index in [-0.39, 0.29) is 5.92 Å². The molecule has 0 saturated heterocycles. The molecule has 0 saturated carbocycles. The van der Waals surface area contributed by atoms with E-state index >= 15 is 0 Å². The molecule has 2 atom stereocenters. The minimum absolute atomic E-state index is 0.163. The van der Waals surface area contributed by atoms with Crippen molar-refractivity contribution in [1.29, 1.82) is 0 Å². The van der Waals surface area contributed by atoms with Gasteiger partial charge in [0.25, 0.3) is 0 Å². The van der Waals surface area contributed by atoms with Crippen molar-refractivity contribution in [3.05, 3.63) is 58.0 Å². The molecule has 3 nitrogen and oxygen atoms in total. The van der Waals surface area contributed by atoms with Crippen molar-refractivity contribution < 1.29 is 9.52 Å². The lowest BCUT2D eigenvalue weighted by molar-refractivity contribution is 0.121. The second-order valence-electron chi connectivity index (χ2n) is 4.29. The normalized spacial score (nSPS) is 14.4. The van der Waals surface area contributed by atoms with E-state index in [1.807, 2.05) is 37.3 Å². The number of halogens is 1. The van der Waals surface area contributed by atoms with Crippen molar-refractivity contribution in [3.8, 4) is 0 Å². The first-order valence-electron chi connectivity index (χ1n) is 5.81. The van der Waals surface area contributed by atoms with Crippen LogP contribution in [0.3, 0.4) is 0 Å². The molecule has 1 aromatic carbocycles. The number of aliphatic hydroxyl groups is 1. The Morgan fingerprint density at radius 3 is 2.39 bits per heavy atom. The highest BCUT2D eigenvalue weighted by atomic mass is 79.9. The molecule has 0 bridgehead atoms. The molecule has 2 unspecified atom stereocenters. The highest BCUT2D eigenvalue weighted by molar-refractivity contribution is 9.10. The Hall–Kier alpha value is -1.10. The summed E-state index contributed by atoms with van der Waals surface area (Å²) in [7, 11) is 0. The molecule has 0 aliphatic heterocycles. The lowest BCUT2D eigenvalue weighted by Crippen LogP contribution is -2.19. The average molecular weight is 310 g/mol. The summed E-state index contributed by atoms with van der Waals surface area (Å²) in [6.07, 6.45) is -0.718. The fourth-order valence-corrected chi connectivity index (χ4v) is 2.23. The van der Waals surface area contributed by atoms with Crippen LogP contribution in [0, 0.1) is 6.92 Å². The second kappa shape index (κ2) is 5.69. The van der Waals surface area contributed by atoms with Crippen LogP contribution in [-0.4, -0.2) is 11.7 Å². The lowest BCUT2D eigenvalue weighted by atomic mass is 9.92. The lowest BCUT2D eigenvalue weighted by Gasteiger charge is -2.20. The zero-order valence-electron chi connectivity index (χ0n) is 10.1. The standard InChI is InChI=1S/C14H16BrNO2/c1-9-2-7-13(18-9)14(17)12(8-16)10-3-5-11(15)6-4-10/h2-7,12,14,17H,8,16H2,1H3. The van der Waals surface area contributed by atoms with Crippen molar-refractivity contribution in [1.82, 2.24) is 0 Å². The fourth-order valence-electron chi connectivity index (χ4n) is 1.97. The first-order chi connectivity index (χ1) is 8.61. The molecule has 4 heteroatoms. The number of hydrogen-bond acceptors (Lipinski definition) is 3. The number of hydrogen-bond donors (Lipinski definition) is 2. The molecule has 18 heavy (non-hydrogen) atoms. The molecular weight excluding hydrogens is 294 g/mol. The first-order valence-corrected chi connectivity index (χ1v) is 6.61. The molecule has 0 aliphatic rings. The maximum absolute atomic E-state index is 10.3. The fraction of sp³-hybridized carbons (Fsp3) is 0.286. The van der Waals surface area contributed by atoms with Gasteiger partial charge in [0.2, 0.25) is 0 Å². The monoisotopic (exact) mass is 309 g/mol. The van der Waals surface area contributed by atoms with E-state index in [9.17, 15) is 5.11 Å². The van der Waals surface area contributed by atoms with Gasteiger partial charge in [-0.15, -0.1) is 0 Å². The van der Waals surface area contributed by atoms with Crippen LogP contribution in [-0.2, 0) is 0 Å². The Balaban J connectivity index is 2.25. The van der Waals surface area contributed by atoms with Crippen LogP contribution in [0.2, 0.25) is 0 Å². The van der Waals surface area contributed by atoms with Crippen molar-refractivity contribution in [2.45, 2.75) is 18.9 Å². The van der Waals surface area contributed by atoms with Gasteiger partial charge in [-0.1, -0.05) is 28.1 Å². The Labute approximate surface area is 115 Å². The van der Waals surface area contributed by atoms with Gasteiger partial charge >= 0.3 is 0 Å². The molecule has 0 amide bonds. The van der Waals surface area contributed by atoms with Crippen molar-refractivity contribution in [2.24, 2.45) is 5.73 Å². The Kier molecular flexibility index (Phi) is 4.22. The maximum atomic E-state index is 10.3. The van der Waals surface area contributed by atoms with Gasteiger partial charge in [-0.3, -0.25) is 0 Å². The van der Waals surface area contributed by atoms with E-state index in [0.717, 1.165) is 15.8 Å². The number of aliphatic hydroxyl groups excluding tert-OH is 1. The molecule has 1 aromatic heterocycles. The molecule has 2 aromatic rings. The Morgan fingerprint density at radius 2 is 1.89 bits per heavy atom. The molecule has 1 heterocycles. The van der Waals surface area contributed by atoms with Crippen LogP contribution >= 0.6 is 15.9 Å². The predicted octanol–water partition coefficient (Wildman–Crippen LogP) is 3.13. The number of nitrogens with two attached hydrogens (primary N) is 1. The van der Waals surface area contributed by atoms with Gasteiger partial charge in [0.15, 0.2) is 0 Å². The van der Waals surface area contributed by atoms with Gasteiger partial charge in [0, 0.05) is 16.9 Å². The summed E-state index contributed by atoms with van der Waals surface area (Å²) in [6.45, 7) is 2.22. The summed E-state index contributed by atoms with van der Waals surface area (Å²) in [4.78, 5) is 0. The van der Waals surface area contributed by atoms with E-state index in [1.165, 1.54) is 0 Å². The summed E-state index contributed by atoms with van der Waals surface area (Å²) in [5.74, 6) is 1.19. The molecule has 2 rings (SSSR count). The summed E-state index contributed by atoms with van der Waals surface area (Å²) in [5, 5.41) is 10.3. The molecule has 0 aliphatic carbocycles. The van der Waals surface area contributed by atoms with Crippen LogP contribution in [0.25, 0.3) is 0 Å². The quantitative estimate of drug-likeness (QED) is 0.912. The summed E-state index contributed by atoms with van der Waals surface area (Å²) in [5.41, 5.74) is 6.78. The summed E-state index contributed by atoms with van der Waals surface area (Å²) in [6, 6.07) is 11.4. The molecule has 0 fully saturated rings. The highest BCUT2D eigenvalue weighted by Crippen LogP contribution is 2.31. The van der Waals surface area contributed by atoms with E-state index in [4.69, 9.17) is 10.2 Å². The van der Waals surface area contributed by atoms with Gasteiger partial charge in [0.05, 0.1) is 0 Å². The van der Waals surface area contributed by atoms with Gasteiger partial charge in [-0.25, -0.2) is 0 Å². The molecule has 3 N–H and O–H groups in total. The van der Waals surface area contributed by atoms with E-state index < -0.39 is 6.10 Å². The van der Waals surface area contributed by atoms with Crippen LogP contribution in [0.4, 0.5) is 0 Å². The van der Waals surface area contributed by atoms with Crippen molar-refractivity contribution in [2.75, 3.05) is 6.54 Å². The summed E-state index contributed by atoms with van der Waals surface area (Å²) >= 11 is 3.39. The number of benzene rings is 1. The van der Waals surface area contributed by atoms with Gasteiger partial charge in [-0.05, 0) is 36.8 Å². The number of rotatable bonds is 4. The largest absolute Gasteiger partial charge is 0.464 e. The Bertz CT molecular complexity index is 507. The number of aryl methyl sites for hydroxylation is 1. The zero-order chi connectivity index (χ0) is 13.1. The third-order valence-corrected chi connectivity index (χ3v) is 3.51. The van der Waals surface area contributed by atoms with Gasteiger partial charge in [0.1, 0.15) is 17.6 Å². The molecule has 96 valence electrons. The average Bonchev–Trinajstić information content (AvgIpc) is 2.79. The van der Waals surface area contributed by atoms with Gasteiger partial charge < -0.3 is 15.3 Å². The highest BCUT2D eigenvalue weighted by Gasteiger charge is 2.23.